The predicted octanol–water partition coefficient (Wildman–Crippen LogP) is 3.04. The van der Waals surface area contributed by atoms with Gasteiger partial charge in [-0.1, -0.05) is 43.2 Å². The molecule has 3 rings (SSSR count). The number of esters is 1. The molecular formula is C22H24N2O4. The van der Waals surface area contributed by atoms with Crippen molar-refractivity contribution in [2.45, 2.75) is 31.1 Å². The van der Waals surface area contributed by atoms with Crippen LogP contribution in [0, 0.1) is 0 Å². The van der Waals surface area contributed by atoms with Gasteiger partial charge in [0.1, 0.15) is 0 Å². The SMILES string of the molecule is CNC(=O)c1ccc(NC(=O)COC(=O)C2(c3ccccc3)CCCC2)cc1. The average molecular weight is 380 g/mol. The maximum Gasteiger partial charge on any atom is 0.317 e. The zero-order valence-electron chi connectivity index (χ0n) is 15.9. The number of benzene rings is 2. The van der Waals surface area contributed by atoms with Crippen LogP contribution in [0.1, 0.15) is 41.6 Å². The van der Waals surface area contributed by atoms with Crippen LogP contribution in [0.15, 0.2) is 54.6 Å². The maximum atomic E-state index is 12.8. The van der Waals surface area contributed by atoms with Crippen molar-refractivity contribution in [3.63, 3.8) is 0 Å². The van der Waals surface area contributed by atoms with E-state index < -0.39 is 11.3 Å². The van der Waals surface area contributed by atoms with Crippen molar-refractivity contribution in [1.29, 1.82) is 0 Å². The number of ether oxygens (including phenoxy) is 1. The Kier molecular flexibility index (Phi) is 6.09. The first kappa shape index (κ1) is 19.6. The first-order chi connectivity index (χ1) is 13.5. The molecular weight excluding hydrogens is 356 g/mol. The third-order valence-electron chi connectivity index (χ3n) is 5.17. The predicted molar refractivity (Wildman–Crippen MR) is 106 cm³/mol. The van der Waals surface area contributed by atoms with E-state index in [9.17, 15) is 14.4 Å². The van der Waals surface area contributed by atoms with Gasteiger partial charge in [-0.15, -0.1) is 0 Å². The number of rotatable bonds is 6. The lowest BCUT2D eigenvalue weighted by molar-refractivity contribution is -0.153. The quantitative estimate of drug-likeness (QED) is 0.755. The summed E-state index contributed by atoms with van der Waals surface area (Å²) in [5, 5.41) is 5.21. The Bertz CT molecular complexity index is 841. The molecule has 28 heavy (non-hydrogen) atoms. The number of carbonyl (C=O) groups is 3. The lowest BCUT2D eigenvalue weighted by Crippen LogP contribution is -2.36. The molecule has 0 unspecified atom stereocenters. The van der Waals surface area contributed by atoms with E-state index >= 15 is 0 Å². The fourth-order valence-corrected chi connectivity index (χ4v) is 3.66. The van der Waals surface area contributed by atoms with Crippen molar-refractivity contribution >= 4 is 23.5 Å². The van der Waals surface area contributed by atoms with Crippen molar-refractivity contribution in [1.82, 2.24) is 5.32 Å². The van der Waals surface area contributed by atoms with Crippen molar-refractivity contribution in [3.8, 4) is 0 Å². The van der Waals surface area contributed by atoms with Crippen LogP contribution < -0.4 is 10.6 Å². The third-order valence-corrected chi connectivity index (χ3v) is 5.17. The second-order valence-corrected chi connectivity index (χ2v) is 6.94. The standard InChI is InChI=1S/C22H24N2O4/c1-23-20(26)16-9-11-18(12-10-16)24-19(25)15-28-21(27)22(13-5-6-14-22)17-7-3-2-4-8-17/h2-4,7-12H,5-6,13-15H2,1H3,(H,23,26)(H,24,25). The van der Waals surface area contributed by atoms with Gasteiger partial charge < -0.3 is 15.4 Å². The van der Waals surface area contributed by atoms with E-state index in [1.54, 1.807) is 31.3 Å². The first-order valence-corrected chi connectivity index (χ1v) is 9.40. The number of carbonyl (C=O) groups excluding carboxylic acids is 3. The minimum absolute atomic E-state index is 0.199. The Labute approximate surface area is 164 Å². The summed E-state index contributed by atoms with van der Waals surface area (Å²) in [6.07, 6.45) is 3.40. The first-order valence-electron chi connectivity index (χ1n) is 9.40. The zero-order valence-corrected chi connectivity index (χ0v) is 15.9. The van der Waals surface area contributed by atoms with E-state index in [1.165, 1.54) is 0 Å². The molecule has 2 aromatic carbocycles. The molecule has 0 bridgehead atoms. The zero-order chi connectivity index (χ0) is 20.0. The molecule has 0 saturated heterocycles. The lowest BCUT2D eigenvalue weighted by Gasteiger charge is -2.27. The van der Waals surface area contributed by atoms with Gasteiger partial charge in [0.2, 0.25) is 0 Å². The molecule has 0 aromatic heterocycles. The van der Waals surface area contributed by atoms with Crippen molar-refractivity contribution in [2.75, 3.05) is 19.0 Å². The van der Waals surface area contributed by atoms with Gasteiger partial charge in [0.25, 0.3) is 11.8 Å². The Balaban J connectivity index is 1.59. The lowest BCUT2D eigenvalue weighted by atomic mass is 9.79. The van der Waals surface area contributed by atoms with Gasteiger partial charge >= 0.3 is 5.97 Å². The van der Waals surface area contributed by atoms with E-state index in [0.717, 1.165) is 31.2 Å². The van der Waals surface area contributed by atoms with Gasteiger partial charge in [0.05, 0.1) is 5.41 Å². The van der Waals surface area contributed by atoms with Crippen molar-refractivity contribution in [2.24, 2.45) is 0 Å². The molecule has 0 radical (unpaired) electrons. The van der Waals surface area contributed by atoms with E-state index in [2.05, 4.69) is 10.6 Å². The average Bonchev–Trinajstić information content (AvgIpc) is 3.24. The highest BCUT2D eigenvalue weighted by molar-refractivity contribution is 5.96. The normalized spacial score (nSPS) is 14.9. The van der Waals surface area contributed by atoms with E-state index in [1.807, 2.05) is 30.3 Å². The van der Waals surface area contributed by atoms with Crippen LogP contribution in [0.2, 0.25) is 0 Å². The van der Waals surface area contributed by atoms with Crippen LogP contribution in [-0.2, 0) is 19.7 Å². The molecule has 1 fully saturated rings. The van der Waals surface area contributed by atoms with Crippen LogP contribution >= 0.6 is 0 Å². The van der Waals surface area contributed by atoms with Crippen LogP contribution in [0.25, 0.3) is 0 Å². The Morgan fingerprint density at radius 2 is 1.61 bits per heavy atom. The number of nitrogens with one attached hydrogen (secondary N) is 2. The molecule has 0 heterocycles. The van der Waals surface area contributed by atoms with Crippen LogP contribution in [0.5, 0.6) is 0 Å². The molecule has 2 N–H and O–H groups in total. The smallest absolute Gasteiger partial charge is 0.317 e. The fraction of sp³-hybridized carbons (Fsp3) is 0.318. The van der Waals surface area contributed by atoms with Gasteiger partial charge in [0.15, 0.2) is 6.61 Å². The molecule has 0 spiro atoms. The summed E-state index contributed by atoms with van der Waals surface area (Å²) in [5.74, 6) is -0.960. The second kappa shape index (κ2) is 8.69. The monoisotopic (exact) mass is 380 g/mol. The molecule has 2 aromatic rings. The molecule has 6 nitrogen and oxygen atoms in total. The molecule has 1 saturated carbocycles. The molecule has 0 aliphatic heterocycles. The molecule has 2 amide bonds. The second-order valence-electron chi connectivity index (χ2n) is 6.94. The Morgan fingerprint density at radius 1 is 0.964 bits per heavy atom. The highest BCUT2D eigenvalue weighted by Crippen LogP contribution is 2.42. The van der Waals surface area contributed by atoms with E-state index in [0.29, 0.717) is 11.3 Å². The minimum atomic E-state index is -0.656. The highest BCUT2D eigenvalue weighted by Gasteiger charge is 2.44. The summed E-state index contributed by atoms with van der Waals surface area (Å²) in [6, 6.07) is 16.1. The molecule has 6 heteroatoms. The summed E-state index contributed by atoms with van der Waals surface area (Å²) >= 11 is 0. The highest BCUT2D eigenvalue weighted by atomic mass is 16.5. The Hall–Kier alpha value is -3.15. The van der Waals surface area contributed by atoms with Gasteiger partial charge in [-0.2, -0.15) is 0 Å². The fourth-order valence-electron chi connectivity index (χ4n) is 3.66. The number of amides is 2. The topological polar surface area (TPSA) is 84.5 Å². The summed E-state index contributed by atoms with van der Waals surface area (Å²) in [4.78, 5) is 36.6. The summed E-state index contributed by atoms with van der Waals surface area (Å²) < 4.78 is 5.38. The molecule has 1 aliphatic carbocycles. The van der Waals surface area contributed by atoms with Crippen molar-refractivity contribution < 1.29 is 19.1 Å². The minimum Gasteiger partial charge on any atom is -0.455 e. The molecule has 1 aliphatic rings. The van der Waals surface area contributed by atoms with E-state index in [-0.39, 0.29) is 18.5 Å². The van der Waals surface area contributed by atoms with Gasteiger partial charge in [0, 0.05) is 18.3 Å². The van der Waals surface area contributed by atoms with Crippen LogP contribution in [0.3, 0.4) is 0 Å². The van der Waals surface area contributed by atoms with Gasteiger partial charge in [-0.05, 0) is 42.7 Å². The van der Waals surface area contributed by atoms with Crippen LogP contribution in [0.4, 0.5) is 5.69 Å². The summed E-state index contributed by atoms with van der Waals surface area (Å²) in [6.45, 7) is -0.343. The summed E-state index contributed by atoms with van der Waals surface area (Å²) in [7, 11) is 1.55. The van der Waals surface area contributed by atoms with Crippen LogP contribution in [-0.4, -0.2) is 31.4 Å². The van der Waals surface area contributed by atoms with Gasteiger partial charge in [-0.3, -0.25) is 14.4 Å². The van der Waals surface area contributed by atoms with E-state index in [4.69, 9.17) is 4.74 Å². The number of anilines is 1. The maximum absolute atomic E-state index is 12.8. The largest absolute Gasteiger partial charge is 0.455 e. The third kappa shape index (κ3) is 4.22. The Morgan fingerprint density at radius 3 is 2.21 bits per heavy atom. The molecule has 146 valence electrons. The van der Waals surface area contributed by atoms with Gasteiger partial charge in [-0.25, -0.2) is 0 Å². The van der Waals surface area contributed by atoms with Crippen molar-refractivity contribution in [3.05, 3.63) is 65.7 Å². The number of hydrogen-bond acceptors (Lipinski definition) is 4. The summed E-state index contributed by atoms with van der Waals surface area (Å²) in [5.41, 5.74) is 1.32. The number of hydrogen-bond donors (Lipinski definition) is 2. The molecule has 0 atom stereocenters.